The molecule has 28 heavy (non-hydrogen) atoms. The van der Waals surface area contributed by atoms with E-state index in [9.17, 15) is 9.50 Å². The van der Waals surface area contributed by atoms with Crippen molar-refractivity contribution in [3.05, 3.63) is 72.3 Å². The summed E-state index contributed by atoms with van der Waals surface area (Å²) in [6.45, 7) is 11.7. The first-order valence-corrected chi connectivity index (χ1v) is 9.95. The molecule has 0 amide bonds. The van der Waals surface area contributed by atoms with Crippen molar-refractivity contribution in [2.75, 3.05) is 26.3 Å². The topological polar surface area (TPSA) is 37.6 Å². The number of hydrogen-bond acceptors (Lipinski definition) is 3. The summed E-state index contributed by atoms with van der Waals surface area (Å²) in [6.07, 6.45) is 4.26. The Bertz CT molecular complexity index is 697. The van der Waals surface area contributed by atoms with Crippen molar-refractivity contribution in [3.63, 3.8) is 0 Å². The Labute approximate surface area is 168 Å². The molecule has 1 unspecified atom stereocenters. The third-order valence-corrected chi connectivity index (χ3v) is 4.61. The van der Waals surface area contributed by atoms with Crippen LogP contribution in [0.3, 0.4) is 0 Å². The number of aliphatic hydroxyl groups is 1. The van der Waals surface area contributed by atoms with Crippen LogP contribution in [-0.4, -0.2) is 47.0 Å². The lowest BCUT2D eigenvalue weighted by Crippen LogP contribution is -2.36. The molecule has 5 heteroatoms. The van der Waals surface area contributed by atoms with Gasteiger partial charge in [0, 0.05) is 31.5 Å². The molecule has 0 aliphatic carbocycles. The lowest BCUT2D eigenvalue weighted by molar-refractivity contribution is 0.0233. The van der Waals surface area contributed by atoms with E-state index in [0.717, 1.165) is 25.1 Å². The number of nitrogens with zero attached hydrogens (tertiary/aromatic N) is 2. The fourth-order valence-corrected chi connectivity index (χ4v) is 3.08. The van der Waals surface area contributed by atoms with Gasteiger partial charge in [0.1, 0.15) is 5.82 Å². The monoisotopic (exact) mass is 388 g/mol. The van der Waals surface area contributed by atoms with Crippen LogP contribution in [0.4, 0.5) is 4.39 Å². The second-order valence-electron chi connectivity index (χ2n) is 7.65. The molecule has 0 aliphatic rings. The van der Waals surface area contributed by atoms with Crippen molar-refractivity contribution in [2.24, 2.45) is 5.92 Å². The zero-order chi connectivity index (χ0) is 20.4. The number of rotatable bonds is 13. The summed E-state index contributed by atoms with van der Waals surface area (Å²) in [5.74, 6) is 0.381. The molecule has 1 aromatic carbocycles. The summed E-state index contributed by atoms with van der Waals surface area (Å²) >= 11 is 0. The summed E-state index contributed by atoms with van der Waals surface area (Å²) in [7, 11) is 0. The molecule has 0 saturated heterocycles. The largest absolute Gasteiger partial charge is 0.389 e. The number of aliphatic hydroxyl groups excluding tert-OH is 1. The standard InChI is InChI=1S/C23H33FN2O2/c1-4-14-28-18-23(27)17-25(13-11-19(2)3)16-22-6-5-12-26(22)15-20-7-9-21(24)10-8-20/h4-10,12,19,23,27H,1,11,13-18H2,2-3H3. The predicted molar refractivity (Wildman–Crippen MR) is 112 cm³/mol. The van der Waals surface area contributed by atoms with Gasteiger partial charge in [0.15, 0.2) is 0 Å². The molecule has 1 atom stereocenters. The lowest BCUT2D eigenvalue weighted by atomic mass is 10.1. The molecule has 1 heterocycles. The zero-order valence-electron chi connectivity index (χ0n) is 17.1. The van der Waals surface area contributed by atoms with Crippen molar-refractivity contribution in [2.45, 2.75) is 39.5 Å². The van der Waals surface area contributed by atoms with Crippen LogP contribution in [0.1, 0.15) is 31.5 Å². The summed E-state index contributed by atoms with van der Waals surface area (Å²) in [5, 5.41) is 10.3. The molecule has 0 saturated carbocycles. The minimum absolute atomic E-state index is 0.219. The van der Waals surface area contributed by atoms with Gasteiger partial charge in [-0.2, -0.15) is 0 Å². The highest BCUT2D eigenvalue weighted by atomic mass is 19.1. The number of ether oxygens (including phenoxy) is 1. The highest BCUT2D eigenvalue weighted by Crippen LogP contribution is 2.13. The number of benzene rings is 1. The highest BCUT2D eigenvalue weighted by Gasteiger charge is 2.15. The molecular weight excluding hydrogens is 355 g/mol. The average Bonchev–Trinajstić information content (AvgIpc) is 3.08. The predicted octanol–water partition coefficient (Wildman–Crippen LogP) is 4.09. The van der Waals surface area contributed by atoms with Gasteiger partial charge in [-0.1, -0.05) is 32.1 Å². The minimum Gasteiger partial charge on any atom is -0.389 e. The van der Waals surface area contributed by atoms with E-state index in [2.05, 4.69) is 36.0 Å². The second-order valence-corrected chi connectivity index (χ2v) is 7.65. The van der Waals surface area contributed by atoms with Gasteiger partial charge in [0.25, 0.3) is 0 Å². The Morgan fingerprint density at radius 2 is 2.00 bits per heavy atom. The Morgan fingerprint density at radius 3 is 2.68 bits per heavy atom. The van der Waals surface area contributed by atoms with Crippen LogP contribution in [0.5, 0.6) is 0 Å². The molecule has 2 aromatic rings. The number of aromatic nitrogens is 1. The van der Waals surface area contributed by atoms with Gasteiger partial charge in [0.05, 0.1) is 19.3 Å². The van der Waals surface area contributed by atoms with Crippen LogP contribution in [0.25, 0.3) is 0 Å². The van der Waals surface area contributed by atoms with Crippen molar-refractivity contribution in [3.8, 4) is 0 Å². The van der Waals surface area contributed by atoms with E-state index in [4.69, 9.17) is 4.74 Å². The number of hydrogen-bond donors (Lipinski definition) is 1. The van der Waals surface area contributed by atoms with E-state index < -0.39 is 6.10 Å². The molecule has 0 radical (unpaired) electrons. The fraction of sp³-hybridized carbons (Fsp3) is 0.478. The Balaban J connectivity index is 2.01. The summed E-state index contributed by atoms with van der Waals surface area (Å²) in [6, 6.07) is 10.8. The van der Waals surface area contributed by atoms with Gasteiger partial charge in [-0.3, -0.25) is 4.90 Å². The highest BCUT2D eigenvalue weighted by molar-refractivity contribution is 5.18. The van der Waals surface area contributed by atoms with E-state index in [1.807, 2.05) is 24.4 Å². The molecule has 154 valence electrons. The van der Waals surface area contributed by atoms with E-state index in [1.54, 1.807) is 6.08 Å². The Morgan fingerprint density at radius 1 is 1.25 bits per heavy atom. The zero-order valence-corrected chi connectivity index (χ0v) is 17.1. The molecule has 1 N–H and O–H groups in total. The molecule has 0 bridgehead atoms. The molecule has 4 nitrogen and oxygen atoms in total. The Hall–Kier alpha value is -1.95. The minimum atomic E-state index is -0.535. The van der Waals surface area contributed by atoms with Crippen molar-refractivity contribution in [1.29, 1.82) is 0 Å². The first-order valence-electron chi connectivity index (χ1n) is 9.95. The van der Waals surface area contributed by atoms with Crippen LogP contribution < -0.4 is 0 Å². The van der Waals surface area contributed by atoms with Gasteiger partial charge in [0.2, 0.25) is 0 Å². The molecular formula is C23H33FN2O2. The van der Waals surface area contributed by atoms with E-state index in [-0.39, 0.29) is 5.82 Å². The maximum atomic E-state index is 13.1. The van der Waals surface area contributed by atoms with Crippen molar-refractivity contribution >= 4 is 0 Å². The Kier molecular flexibility index (Phi) is 9.41. The average molecular weight is 389 g/mol. The van der Waals surface area contributed by atoms with Gasteiger partial charge >= 0.3 is 0 Å². The van der Waals surface area contributed by atoms with Crippen LogP contribution in [0, 0.1) is 11.7 Å². The van der Waals surface area contributed by atoms with Gasteiger partial charge < -0.3 is 14.4 Å². The van der Waals surface area contributed by atoms with Crippen LogP contribution in [0.15, 0.2) is 55.3 Å². The van der Waals surface area contributed by atoms with Crippen molar-refractivity contribution < 1.29 is 14.2 Å². The first-order chi connectivity index (χ1) is 13.5. The smallest absolute Gasteiger partial charge is 0.123 e. The van der Waals surface area contributed by atoms with Crippen molar-refractivity contribution in [1.82, 2.24) is 9.47 Å². The lowest BCUT2D eigenvalue weighted by Gasteiger charge is -2.26. The molecule has 2 rings (SSSR count). The van der Waals surface area contributed by atoms with E-state index in [0.29, 0.717) is 32.2 Å². The molecule has 0 aliphatic heterocycles. The van der Waals surface area contributed by atoms with Crippen LogP contribution in [-0.2, 0) is 17.8 Å². The van der Waals surface area contributed by atoms with Gasteiger partial charge in [-0.25, -0.2) is 4.39 Å². The third-order valence-electron chi connectivity index (χ3n) is 4.61. The molecule has 1 aromatic heterocycles. The van der Waals surface area contributed by atoms with Crippen LogP contribution >= 0.6 is 0 Å². The summed E-state index contributed by atoms with van der Waals surface area (Å²) in [5.41, 5.74) is 2.23. The summed E-state index contributed by atoms with van der Waals surface area (Å²) < 4.78 is 20.7. The van der Waals surface area contributed by atoms with E-state index in [1.165, 1.54) is 17.8 Å². The number of halogens is 1. The maximum Gasteiger partial charge on any atom is 0.123 e. The second kappa shape index (κ2) is 11.8. The normalized spacial score (nSPS) is 12.6. The quantitative estimate of drug-likeness (QED) is 0.415. The maximum absolute atomic E-state index is 13.1. The summed E-state index contributed by atoms with van der Waals surface area (Å²) in [4.78, 5) is 2.28. The van der Waals surface area contributed by atoms with Crippen LogP contribution in [0.2, 0.25) is 0 Å². The first kappa shape index (κ1) is 22.3. The van der Waals surface area contributed by atoms with E-state index >= 15 is 0 Å². The molecule has 0 fully saturated rings. The SMILES string of the molecule is C=CCOCC(O)CN(CCC(C)C)Cc1cccn1Cc1ccc(F)cc1. The third kappa shape index (κ3) is 7.97. The molecule has 0 spiro atoms. The van der Waals surface area contributed by atoms with Gasteiger partial charge in [-0.05, 0) is 48.7 Å². The van der Waals surface area contributed by atoms with Gasteiger partial charge in [-0.15, -0.1) is 6.58 Å². The fourth-order valence-electron chi connectivity index (χ4n) is 3.08.